The van der Waals surface area contributed by atoms with E-state index in [-0.39, 0.29) is 6.10 Å². The smallest absolute Gasteiger partial charge is 0.206 e. The Morgan fingerprint density at radius 3 is 2.85 bits per heavy atom. The van der Waals surface area contributed by atoms with E-state index in [1.54, 1.807) is 4.90 Å². The Morgan fingerprint density at radius 2 is 2.08 bits per heavy atom. The molecule has 140 valence electrons. The fourth-order valence-electron chi connectivity index (χ4n) is 4.00. The van der Waals surface area contributed by atoms with E-state index < -0.39 is 0 Å². The van der Waals surface area contributed by atoms with Crippen LogP contribution in [0.4, 0.5) is 5.69 Å². The lowest BCUT2D eigenvalue weighted by Crippen LogP contribution is -3.13. The zero-order valence-electron chi connectivity index (χ0n) is 15.8. The number of aryl methyl sites for hydroxylation is 2. The van der Waals surface area contributed by atoms with Crippen molar-refractivity contribution in [3.63, 3.8) is 0 Å². The molecule has 0 unspecified atom stereocenters. The number of anilines is 1. The van der Waals surface area contributed by atoms with Crippen LogP contribution >= 0.6 is 0 Å². The molecule has 2 fully saturated rings. The Labute approximate surface area is 154 Å². The second-order valence-electron chi connectivity index (χ2n) is 7.62. The summed E-state index contributed by atoms with van der Waals surface area (Å²) in [6.45, 7) is 11.3. The van der Waals surface area contributed by atoms with Gasteiger partial charge in [-0.25, -0.2) is 4.68 Å². The molecule has 0 saturated carbocycles. The zero-order valence-corrected chi connectivity index (χ0v) is 15.8. The summed E-state index contributed by atoms with van der Waals surface area (Å²) in [5.41, 5.74) is 4.07. The van der Waals surface area contributed by atoms with Gasteiger partial charge in [-0.1, -0.05) is 12.1 Å². The van der Waals surface area contributed by atoms with Crippen LogP contribution in [-0.2, 0) is 17.8 Å². The first-order valence-corrected chi connectivity index (χ1v) is 9.71. The maximum Gasteiger partial charge on any atom is 0.206 e. The average Bonchev–Trinajstić information content (AvgIpc) is 3.31. The Bertz CT molecular complexity index is 731. The highest BCUT2D eigenvalue weighted by Crippen LogP contribution is 2.21. The molecule has 2 aromatic rings. The summed E-state index contributed by atoms with van der Waals surface area (Å²) in [5.74, 6) is 0.982. The van der Waals surface area contributed by atoms with Crippen LogP contribution in [0.25, 0.3) is 0 Å². The minimum Gasteiger partial charge on any atom is -0.376 e. The first kappa shape index (κ1) is 17.4. The first-order chi connectivity index (χ1) is 12.7. The fraction of sp³-hybridized carbons (Fsp3) is 0.632. The van der Waals surface area contributed by atoms with Gasteiger partial charge in [-0.15, -0.1) is 5.10 Å². The van der Waals surface area contributed by atoms with E-state index in [2.05, 4.69) is 52.5 Å². The molecule has 0 spiro atoms. The van der Waals surface area contributed by atoms with E-state index in [1.807, 2.05) is 4.68 Å². The number of hydrogen-bond donors (Lipinski definition) is 1. The largest absolute Gasteiger partial charge is 0.376 e. The van der Waals surface area contributed by atoms with Crippen molar-refractivity contribution in [3.8, 4) is 0 Å². The van der Waals surface area contributed by atoms with Gasteiger partial charge in [0.2, 0.25) is 5.82 Å². The van der Waals surface area contributed by atoms with Crippen molar-refractivity contribution in [2.45, 2.75) is 45.9 Å². The van der Waals surface area contributed by atoms with Gasteiger partial charge in [0.25, 0.3) is 0 Å². The Hall–Kier alpha value is -1.99. The number of tetrazole rings is 1. The third-order valence-corrected chi connectivity index (χ3v) is 5.59. The van der Waals surface area contributed by atoms with Crippen LogP contribution in [-0.4, -0.2) is 59.1 Å². The van der Waals surface area contributed by atoms with E-state index >= 15 is 0 Å². The van der Waals surface area contributed by atoms with Crippen molar-refractivity contribution in [1.29, 1.82) is 0 Å². The monoisotopic (exact) mass is 357 g/mol. The van der Waals surface area contributed by atoms with Gasteiger partial charge in [-0.3, -0.25) is 0 Å². The van der Waals surface area contributed by atoms with Gasteiger partial charge in [0.1, 0.15) is 6.54 Å². The maximum absolute atomic E-state index is 5.73. The summed E-state index contributed by atoms with van der Waals surface area (Å²) < 4.78 is 7.67. The van der Waals surface area contributed by atoms with Gasteiger partial charge in [-0.2, -0.15) is 0 Å². The van der Waals surface area contributed by atoms with Gasteiger partial charge in [0.15, 0.2) is 0 Å². The van der Waals surface area contributed by atoms with Crippen LogP contribution in [0, 0.1) is 13.8 Å². The van der Waals surface area contributed by atoms with E-state index in [0.29, 0.717) is 0 Å². The van der Waals surface area contributed by atoms with E-state index in [4.69, 9.17) is 4.74 Å². The molecule has 26 heavy (non-hydrogen) atoms. The Morgan fingerprint density at radius 1 is 1.23 bits per heavy atom. The predicted octanol–water partition coefficient (Wildman–Crippen LogP) is 0.374. The number of hydrogen-bond acceptors (Lipinski definition) is 5. The second kappa shape index (κ2) is 7.72. The summed E-state index contributed by atoms with van der Waals surface area (Å²) in [4.78, 5) is 4.07. The van der Waals surface area contributed by atoms with E-state index in [1.165, 1.54) is 16.8 Å². The highest BCUT2D eigenvalue weighted by atomic mass is 16.5. The summed E-state index contributed by atoms with van der Waals surface area (Å²) in [5, 5.41) is 12.3. The summed E-state index contributed by atoms with van der Waals surface area (Å²) >= 11 is 0. The number of piperazine rings is 1. The van der Waals surface area contributed by atoms with Crippen molar-refractivity contribution >= 4 is 5.69 Å². The molecule has 3 heterocycles. The third kappa shape index (κ3) is 3.88. The molecular weight excluding hydrogens is 328 g/mol. The van der Waals surface area contributed by atoms with E-state index in [0.717, 1.165) is 64.5 Å². The molecule has 0 radical (unpaired) electrons. The number of benzene rings is 1. The lowest BCUT2D eigenvalue weighted by atomic mass is 10.1. The molecule has 0 bridgehead atoms. The normalized spacial score (nSPS) is 21.5. The zero-order chi connectivity index (χ0) is 17.9. The standard InChI is InChI=1S/C19H28N6O/c1-15-5-6-16(2)18(12-15)24-9-7-23(8-10-24)14-19-20-21-22-25(19)13-17-4-3-11-26-17/h5-6,12,17H,3-4,7-11,13-14H2,1-2H3/p+1/t17-/m1/s1. The third-order valence-electron chi connectivity index (χ3n) is 5.59. The van der Waals surface area contributed by atoms with E-state index in [9.17, 15) is 0 Å². The van der Waals surface area contributed by atoms with Crippen molar-refractivity contribution in [2.75, 3.05) is 37.7 Å². The molecular formula is C19H29N6O+. The molecule has 2 aliphatic heterocycles. The number of nitrogens with zero attached hydrogens (tertiary/aromatic N) is 5. The Balaban J connectivity index is 1.34. The number of rotatable bonds is 5. The molecule has 0 amide bonds. The van der Waals surface area contributed by atoms with Crippen LogP contribution in [0.5, 0.6) is 0 Å². The van der Waals surface area contributed by atoms with Crippen molar-refractivity contribution < 1.29 is 9.64 Å². The highest BCUT2D eigenvalue weighted by Gasteiger charge is 2.25. The topological polar surface area (TPSA) is 60.5 Å². The van der Waals surface area contributed by atoms with Gasteiger partial charge in [0.05, 0.1) is 38.8 Å². The minimum absolute atomic E-state index is 0.272. The molecule has 2 aliphatic rings. The van der Waals surface area contributed by atoms with Crippen molar-refractivity contribution in [1.82, 2.24) is 20.2 Å². The molecule has 0 aliphatic carbocycles. The minimum atomic E-state index is 0.272. The number of nitrogens with one attached hydrogen (secondary N) is 1. The Kier molecular flexibility index (Phi) is 5.17. The lowest BCUT2D eigenvalue weighted by Gasteiger charge is -2.34. The second-order valence-corrected chi connectivity index (χ2v) is 7.62. The maximum atomic E-state index is 5.73. The van der Waals surface area contributed by atoms with Gasteiger partial charge < -0.3 is 14.5 Å². The molecule has 2 saturated heterocycles. The average molecular weight is 357 g/mol. The van der Waals surface area contributed by atoms with Gasteiger partial charge in [0, 0.05) is 12.3 Å². The van der Waals surface area contributed by atoms with Crippen LogP contribution < -0.4 is 9.80 Å². The van der Waals surface area contributed by atoms with Crippen LogP contribution in [0.2, 0.25) is 0 Å². The van der Waals surface area contributed by atoms with Gasteiger partial charge in [-0.05, 0) is 54.3 Å². The fourth-order valence-corrected chi connectivity index (χ4v) is 4.00. The van der Waals surface area contributed by atoms with Crippen LogP contribution in [0.15, 0.2) is 18.2 Å². The number of quaternary nitrogens is 1. The molecule has 1 N–H and O–H groups in total. The summed E-state index contributed by atoms with van der Waals surface area (Å²) in [6, 6.07) is 6.72. The molecule has 7 heteroatoms. The van der Waals surface area contributed by atoms with Gasteiger partial charge >= 0.3 is 0 Å². The molecule has 1 aromatic heterocycles. The molecule has 1 aromatic carbocycles. The highest BCUT2D eigenvalue weighted by molar-refractivity contribution is 5.55. The summed E-state index contributed by atoms with van der Waals surface area (Å²) in [7, 11) is 0. The molecule has 4 rings (SSSR count). The van der Waals surface area contributed by atoms with Crippen LogP contribution in [0.1, 0.15) is 29.8 Å². The number of aromatic nitrogens is 4. The number of ether oxygens (including phenoxy) is 1. The predicted molar refractivity (Wildman–Crippen MR) is 99.3 cm³/mol. The lowest BCUT2D eigenvalue weighted by molar-refractivity contribution is -0.915. The van der Waals surface area contributed by atoms with Crippen molar-refractivity contribution in [2.24, 2.45) is 0 Å². The SMILES string of the molecule is Cc1ccc(C)c(N2CC[NH+](Cc3nnnn3C[C@H]3CCCO3)CC2)c1. The summed E-state index contributed by atoms with van der Waals surface area (Å²) in [6.07, 6.45) is 2.53. The van der Waals surface area contributed by atoms with Crippen molar-refractivity contribution in [3.05, 3.63) is 35.2 Å². The first-order valence-electron chi connectivity index (χ1n) is 9.71. The quantitative estimate of drug-likeness (QED) is 0.838. The molecule has 1 atom stereocenters. The molecule has 7 nitrogen and oxygen atoms in total. The van der Waals surface area contributed by atoms with Crippen LogP contribution in [0.3, 0.4) is 0 Å².